The van der Waals surface area contributed by atoms with E-state index in [4.69, 9.17) is 0 Å². The molecule has 0 bridgehead atoms. The molecule has 1 aliphatic carbocycles. The summed E-state index contributed by atoms with van der Waals surface area (Å²) < 4.78 is 0. The summed E-state index contributed by atoms with van der Waals surface area (Å²) in [6.07, 6.45) is 2.64. The van der Waals surface area contributed by atoms with Crippen LogP contribution in [0.5, 0.6) is 0 Å². The molecule has 1 fully saturated rings. The molecule has 2 atom stereocenters. The SMILES string of the molecule is CC1CC1CNC(=O)c1ccc(=O)[nH]c1. The Morgan fingerprint density at radius 3 is 2.87 bits per heavy atom. The fraction of sp³-hybridized carbons (Fsp3) is 0.455. The van der Waals surface area contributed by atoms with Crippen LogP contribution in [0.4, 0.5) is 0 Å². The van der Waals surface area contributed by atoms with E-state index in [0.29, 0.717) is 11.5 Å². The van der Waals surface area contributed by atoms with Gasteiger partial charge in [0.05, 0.1) is 5.56 Å². The summed E-state index contributed by atoms with van der Waals surface area (Å²) in [5.41, 5.74) is 0.310. The molecule has 4 nitrogen and oxygen atoms in total. The third-order valence-electron chi connectivity index (χ3n) is 2.85. The van der Waals surface area contributed by atoms with E-state index >= 15 is 0 Å². The van der Waals surface area contributed by atoms with Crippen LogP contribution in [0.15, 0.2) is 23.1 Å². The minimum absolute atomic E-state index is 0.120. The van der Waals surface area contributed by atoms with Crippen molar-refractivity contribution < 1.29 is 4.79 Å². The molecule has 0 aliphatic heterocycles. The van der Waals surface area contributed by atoms with E-state index in [1.54, 1.807) is 0 Å². The molecule has 0 aromatic carbocycles. The molecule has 0 radical (unpaired) electrons. The largest absolute Gasteiger partial charge is 0.352 e. The van der Waals surface area contributed by atoms with Gasteiger partial charge in [-0.1, -0.05) is 6.92 Å². The molecule has 1 saturated carbocycles. The summed E-state index contributed by atoms with van der Waals surface area (Å²) in [5, 5.41) is 2.85. The van der Waals surface area contributed by atoms with E-state index in [-0.39, 0.29) is 11.5 Å². The van der Waals surface area contributed by atoms with Crippen LogP contribution in [-0.4, -0.2) is 17.4 Å². The number of pyridine rings is 1. The normalized spacial score (nSPS) is 23.5. The first-order valence-corrected chi connectivity index (χ1v) is 5.14. The molecule has 80 valence electrons. The summed E-state index contributed by atoms with van der Waals surface area (Å²) in [4.78, 5) is 24.8. The number of H-pyrrole nitrogens is 1. The van der Waals surface area contributed by atoms with Gasteiger partial charge in [-0.25, -0.2) is 0 Å². The quantitative estimate of drug-likeness (QED) is 0.767. The maximum atomic E-state index is 11.6. The van der Waals surface area contributed by atoms with Crippen molar-refractivity contribution in [2.75, 3.05) is 6.54 Å². The lowest BCUT2D eigenvalue weighted by atomic mass is 10.2. The van der Waals surface area contributed by atoms with Gasteiger partial charge in [0.15, 0.2) is 0 Å². The summed E-state index contributed by atoms with van der Waals surface area (Å²) in [5.74, 6) is 1.25. The number of carbonyl (C=O) groups is 1. The Bertz CT molecular complexity index is 404. The molecule has 1 aliphatic rings. The molecule has 2 unspecified atom stereocenters. The van der Waals surface area contributed by atoms with Gasteiger partial charge >= 0.3 is 0 Å². The van der Waals surface area contributed by atoms with Crippen molar-refractivity contribution in [3.63, 3.8) is 0 Å². The van der Waals surface area contributed by atoms with Crippen LogP contribution in [-0.2, 0) is 0 Å². The van der Waals surface area contributed by atoms with Crippen LogP contribution in [0.1, 0.15) is 23.7 Å². The van der Waals surface area contributed by atoms with Crippen molar-refractivity contribution in [1.82, 2.24) is 10.3 Å². The number of hydrogen-bond acceptors (Lipinski definition) is 2. The Balaban J connectivity index is 1.90. The van der Waals surface area contributed by atoms with Gasteiger partial charge in [-0.15, -0.1) is 0 Å². The zero-order valence-corrected chi connectivity index (χ0v) is 8.62. The predicted molar refractivity (Wildman–Crippen MR) is 56.7 cm³/mol. The minimum atomic E-state index is -0.192. The molecule has 4 heteroatoms. The highest BCUT2D eigenvalue weighted by molar-refractivity contribution is 5.93. The number of nitrogens with one attached hydrogen (secondary N) is 2. The van der Waals surface area contributed by atoms with Gasteiger partial charge in [0.25, 0.3) is 5.91 Å². The molecule has 0 saturated heterocycles. The topological polar surface area (TPSA) is 62.0 Å². The van der Waals surface area contributed by atoms with Crippen molar-refractivity contribution in [2.24, 2.45) is 11.8 Å². The van der Waals surface area contributed by atoms with Crippen LogP contribution in [0.2, 0.25) is 0 Å². The number of aromatic nitrogens is 1. The summed E-state index contributed by atoms with van der Waals surface area (Å²) in [6, 6.07) is 2.89. The van der Waals surface area contributed by atoms with Crippen molar-refractivity contribution in [3.05, 3.63) is 34.2 Å². The van der Waals surface area contributed by atoms with Gasteiger partial charge in [0.1, 0.15) is 0 Å². The lowest BCUT2D eigenvalue weighted by molar-refractivity contribution is 0.0951. The van der Waals surface area contributed by atoms with Crippen molar-refractivity contribution in [1.29, 1.82) is 0 Å². The van der Waals surface area contributed by atoms with E-state index in [0.717, 1.165) is 12.5 Å². The monoisotopic (exact) mass is 206 g/mol. The lowest BCUT2D eigenvalue weighted by Gasteiger charge is -2.03. The molecule has 2 rings (SSSR count). The standard InChI is InChI=1S/C11H14N2O2/c1-7-4-9(7)6-13-11(15)8-2-3-10(14)12-5-8/h2-3,5,7,9H,4,6H2,1H3,(H,12,14)(H,13,15). The second-order valence-electron chi connectivity index (χ2n) is 4.12. The molecule has 1 aromatic rings. The van der Waals surface area contributed by atoms with Gasteiger partial charge in [-0.05, 0) is 24.3 Å². The number of amides is 1. The third kappa shape index (κ3) is 2.46. The number of aromatic amines is 1. The van der Waals surface area contributed by atoms with Crippen LogP contribution in [0, 0.1) is 11.8 Å². The molecule has 2 N–H and O–H groups in total. The molecule has 1 aromatic heterocycles. The first kappa shape index (κ1) is 9.96. The zero-order chi connectivity index (χ0) is 10.8. The lowest BCUT2D eigenvalue weighted by Crippen LogP contribution is -2.26. The van der Waals surface area contributed by atoms with E-state index in [9.17, 15) is 9.59 Å². The average Bonchev–Trinajstić information content (AvgIpc) is 2.92. The first-order valence-electron chi connectivity index (χ1n) is 5.14. The molecule has 15 heavy (non-hydrogen) atoms. The average molecular weight is 206 g/mol. The van der Waals surface area contributed by atoms with Crippen LogP contribution in [0.3, 0.4) is 0 Å². The Hall–Kier alpha value is -1.58. The first-order chi connectivity index (χ1) is 7.16. The fourth-order valence-corrected chi connectivity index (χ4v) is 1.56. The fourth-order valence-electron chi connectivity index (χ4n) is 1.56. The highest BCUT2D eigenvalue weighted by Gasteiger charge is 2.32. The third-order valence-corrected chi connectivity index (χ3v) is 2.85. The van der Waals surface area contributed by atoms with E-state index < -0.39 is 0 Å². The highest BCUT2D eigenvalue weighted by atomic mass is 16.1. The molecular weight excluding hydrogens is 192 g/mol. The van der Waals surface area contributed by atoms with Crippen molar-refractivity contribution in [2.45, 2.75) is 13.3 Å². The number of hydrogen-bond donors (Lipinski definition) is 2. The van der Waals surface area contributed by atoms with Crippen LogP contribution < -0.4 is 10.9 Å². The molecule has 0 spiro atoms. The van der Waals surface area contributed by atoms with Crippen LogP contribution in [0.25, 0.3) is 0 Å². The Labute approximate surface area is 87.7 Å². The molecule has 1 amide bonds. The van der Waals surface area contributed by atoms with Gasteiger partial charge in [0, 0.05) is 18.8 Å². The molecule has 1 heterocycles. The summed E-state index contributed by atoms with van der Waals surface area (Å²) >= 11 is 0. The van der Waals surface area contributed by atoms with Crippen molar-refractivity contribution >= 4 is 5.91 Å². The van der Waals surface area contributed by atoms with E-state index in [2.05, 4.69) is 17.2 Å². The second-order valence-corrected chi connectivity index (χ2v) is 4.12. The molecular formula is C11H14N2O2. The van der Waals surface area contributed by atoms with Gasteiger partial charge in [-0.2, -0.15) is 0 Å². The predicted octanol–water partition coefficient (Wildman–Crippen LogP) is 0.761. The number of rotatable bonds is 3. The smallest absolute Gasteiger partial charge is 0.252 e. The maximum absolute atomic E-state index is 11.6. The summed E-state index contributed by atoms with van der Waals surface area (Å²) in [7, 11) is 0. The number of carbonyl (C=O) groups excluding carboxylic acids is 1. The van der Waals surface area contributed by atoms with Gasteiger partial charge < -0.3 is 10.3 Å². The maximum Gasteiger partial charge on any atom is 0.252 e. The summed E-state index contributed by atoms with van der Waals surface area (Å²) in [6.45, 7) is 2.91. The highest BCUT2D eigenvalue weighted by Crippen LogP contribution is 2.36. The minimum Gasteiger partial charge on any atom is -0.352 e. The van der Waals surface area contributed by atoms with E-state index in [1.165, 1.54) is 24.8 Å². The van der Waals surface area contributed by atoms with E-state index in [1.807, 2.05) is 0 Å². The van der Waals surface area contributed by atoms with Crippen LogP contribution >= 0.6 is 0 Å². The second kappa shape index (κ2) is 3.88. The zero-order valence-electron chi connectivity index (χ0n) is 8.62. The van der Waals surface area contributed by atoms with Gasteiger partial charge in [-0.3, -0.25) is 9.59 Å². The van der Waals surface area contributed by atoms with Gasteiger partial charge in [0.2, 0.25) is 5.56 Å². The Morgan fingerprint density at radius 2 is 2.33 bits per heavy atom. The Kier molecular flexibility index (Phi) is 2.58. The Morgan fingerprint density at radius 1 is 1.60 bits per heavy atom. The van der Waals surface area contributed by atoms with Crippen molar-refractivity contribution in [3.8, 4) is 0 Å².